The van der Waals surface area contributed by atoms with E-state index >= 15 is 0 Å². The molecule has 0 saturated heterocycles. The van der Waals surface area contributed by atoms with Crippen LogP contribution in [0.25, 0.3) is 0 Å². The van der Waals surface area contributed by atoms with Gasteiger partial charge in [0.25, 0.3) is 0 Å². The number of hydrogen-bond acceptors (Lipinski definition) is 1. The van der Waals surface area contributed by atoms with Crippen LogP contribution in [-0.4, -0.2) is 12.6 Å². The summed E-state index contributed by atoms with van der Waals surface area (Å²) in [6.07, 6.45) is 2.35. The molecule has 0 aromatic heterocycles. The Balaban J connectivity index is 1.82. The molecule has 0 amide bonds. The molecule has 0 bridgehead atoms. The van der Waals surface area contributed by atoms with Crippen molar-refractivity contribution in [2.45, 2.75) is 45.6 Å². The second kappa shape index (κ2) is 6.03. The molecule has 1 N–H and O–H groups in total. The largest absolute Gasteiger partial charge is 0.313 e. The maximum Gasteiger partial charge on any atom is 0.0179 e. The molecule has 21 heavy (non-hydrogen) atoms. The number of aryl methyl sites for hydroxylation is 2. The predicted octanol–water partition coefficient (Wildman–Crippen LogP) is 4.16. The lowest BCUT2D eigenvalue weighted by Crippen LogP contribution is -2.41. The van der Waals surface area contributed by atoms with Crippen molar-refractivity contribution in [3.05, 3.63) is 70.3 Å². The van der Waals surface area contributed by atoms with Crippen molar-refractivity contribution in [2.24, 2.45) is 0 Å². The molecule has 1 nitrogen and oxygen atoms in total. The highest BCUT2D eigenvalue weighted by molar-refractivity contribution is 5.42. The maximum absolute atomic E-state index is 3.72. The van der Waals surface area contributed by atoms with E-state index in [0.717, 1.165) is 13.0 Å². The average Bonchev–Trinajstić information content (AvgIpc) is 2.44. The zero-order valence-corrected chi connectivity index (χ0v) is 13.3. The molecular weight excluding hydrogens is 254 g/mol. The predicted molar refractivity (Wildman–Crippen MR) is 90.0 cm³/mol. The summed E-state index contributed by atoms with van der Waals surface area (Å²) in [4.78, 5) is 0. The van der Waals surface area contributed by atoms with E-state index < -0.39 is 0 Å². The second-order valence-electron chi connectivity index (χ2n) is 6.31. The van der Waals surface area contributed by atoms with E-state index in [0.29, 0.717) is 12.0 Å². The topological polar surface area (TPSA) is 12.0 Å². The van der Waals surface area contributed by atoms with Crippen LogP contribution in [0, 0.1) is 13.8 Å². The van der Waals surface area contributed by atoms with Crippen LogP contribution in [0.2, 0.25) is 0 Å². The Labute approximate surface area is 128 Å². The highest BCUT2D eigenvalue weighted by Crippen LogP contribution is 2.38. The molecular formula is C20H25N. The summed E-state index contributed by atoms with van der Waals surface area (Å²) in [6.45, 7) is 7.66. The first kappa shape index (κ1) is 14.3. The number of likely N-dealkylation sites (N-methyl/N-ethyl adjacent to an activating group) is 1. The second-order valence-corrected chi connectivity index (χ2v) is 6.31. The van der Waals surface area contributed by atoms with Gasteiger partial charge in [-0.2, -0.15) is 0 Å². The van der Waals surface area contributed by atoms with Gasteiger partial charge in [-0.3, -0.25) is 0 Å². The van der Waals surface area contributed by atoms with Crippen LogP contribution in [0.1, 0.15) is 40.7 Å². The third-order valence-electron chi connectivity index (χ3n) is 4.79. The molecule has 0 spiro atoms. The van der Waals surface area contributed by atoms with Crippen molar-refractivity contribution in [2.75, 3.05) is 6.54 Å². The molecule has 0 radical (unpaired) electrons. The summed E-state index contributed by atoms with van der Waals surface area (Å²) in [6, 6.07) is 16.3. The molecule has 0 saturated carbocycles. The van der Waals surface area contributed by atoms with Gasteiger partial charge in [-0.05, 0) is 55.5 Å². The van der Waals surface area contributed by atoms with Crippen molar-refractivity contribution >= 4 is 0 Å². The summed E-state index contributed by atoms with van der Waals surface area (Å²) in [7, 11) is 0. The number of benzene rings is 2. The smallest absolute Gasteiger partial charge is 0.0179 e. The minimum Gasteiger partial charge on any atom is -0.313 e. The molecule has 2 aromatic carbocycles. The minimum absolute atomic E-state index is 0.547. The molecule has 0 aliphatic heterocycles. The summed E-state index contributed by atoms with van der Waals surface area (Å²) in [5, 5.41) is 3.72. The van der Waals surface area contributed by atoms with Gasteiger partial charge in [0.05, 0.1) is 0 Å². The monoisotopic (exact) mass is 279 g/mol. The van der Waals surface area contributed by atoms with E-state index in [9.17, 15) is 0 Å². The number of fused-ring (bicyclic) bond motifs is 1. The van der Waals surface area contributed by atoms with Gasteiger partial charge in [0, 0.05) is 12.0 Å². The molecule has 0 heterocycles. The van der Waals surface area contributed by atoms with Crippen LogP contribution in [-0.2, 0) is 12.8 Å². The zero-order valence-electron chi connectivity index (χ0n) is 13.3. The standard InChI is InChI=1S/C20H25N/c1-4-21-20(13-17-11-14(2)9-10-15(17)3)19-12-16-7-5-6-8-18(16)19/h5-11,19-21H,4,12-13H2,1-3H3. The molecule has 2 atom stereocenters. The fourth-order valence-electron chi connectivity index (χ4n) is 3.53. The maximum atomic E-state index is 3.72. The van der Waals surface area contributed by atoms with Crippen molar-refractivity contribution in [1.29, 1.82) is 0 Å². The normalized spacial score (nSPS) is 18.0. The van der Waals surface area contributed by atoms with E-state index in [1.807, 2.05) is 0 Å². The Bertz CT molecular complexity index is 629. The summed E-state index contributed by atoms with van der Waals surface area (Å²) in [5.41, 5.74) is 7.35. The van der Waals surface area contributed by atoms with E-state index in [4.69, 9.17) is 0 Å². The SMILES string of the molecule is CCNC(Cc1cc(C)ccc1C)C1Cc2ccccc21. The van der Waals surface area contributed by atoms with Crippen molar-refractivity contribution in [3.63, 3.8) is 0 Å². The van der Waals surface area contributed by atoms with Gasteiger partial charge in [-0.25, -0.2) is 0 Å². The average molecular weight is 279 g/mol. The molecule has 1 aliphatic rings. The molecule has 3 rings (SSSR count). The quantitative estimate of drug-likeness (QED) is 0.866. The van der Waals surface area contributed by atoms with Gasteiger partial charge in [0.2, 0.25) is 0 Å². The fraction of sp³-hybridized carbons (Fsp3) is 0.400. The molecule has 0 fully saturated rings. The molecule has 1 aliphatic carbocycles. The van der Waals surface area contributed by atoms with E-state index in [1.165, 1.54) is 28.7 Å². The Morgan fingerprint density at radius 2 is 1.95 bits per heavy atom. The van der Waals surface area contributed by atoms with Crippen LogP contribution in [0.4, 0.5) is 0 Å². The van der Waals surface area contributed by atoms with Crippen molar-refractivity contribution in [1.82, 2.24) is 5.32 Å². The Morgan fingerprint density at radius 3 is 2.71 bits per heavy atom. The van der Waals surface area contributed by atoms with E-state index in [2.05, 4.69) is 68.6 Å². The lowest BCUT2D eigenvalue weighted by Gasteiger charge is -2.37. The van der Waals surface area contributed by atoms with Crippen LogP contribution in [0.5, 0.6) is 0 Å². The Kier molecular flexibility index (Phi) is 4.12. The van der Waals surface area contributed by atoms with Crippen molar-refractivity contribution < 1.29 is 0 Å². The summed E-state index contributed by atoms with van der Waals surface area (Å²) < 4.78 is 0. The van der Waals surface area contributed by atoms with Crippen LogP contribution in [0.15, 0.2) is 42.5 Å². The first-order valence-electron chi connectivity index (χ1n) is 8.06. The van der Waals surface area contributed by atoms with E-state index in [-0.39, 0.29) is 0 Å². The van der Waals surface area contributed by atoms with Crippen molar-refractivity contribution in [3.8, 4) is 0 Å². The zero-order chi connectivity index (χ0) is 14.8. The molecule has 1 heteroatoms. The first-order valence-corrected chi connectivity index (χ1v) is 8.06. The molecule has 2 unspecified atom stereocenters. The summed E-state index contributed by atoms with van der Waals surface area (Å²) in [5.74, 6) is 0.668. The highest BCUT2D eigenvalue weighted by Gasteiger charge is 2.32. The lowest BCUT2D eigenvalue weighted by molar-refractivity contribution is 0.404. The molecule has 2 aromatic rings. The van der Waals surface area contributed by atoms with Gasteiger partial charge in [-0.1, -0.05) is 55.0 Å². The number of nitrogens with one attached hydrogen (secondary N) is 1. The number of hydrogen-bond donors (Lipinski definition) is 1. The van der Waals surface area contributed by atoms with Gasteiger partial charge < -0.3 is 5.32 Å². The number of rotatable bonds is 5. The van der Waals surface area contributed by atoms with Crippen LogP contribution in [0.3, 0.4) is 0 Å². The highest BCUT2D eigenvalue weighted by atomic mass is 14.9. The van der Waals surface area contributed by atoms with Crippen LogP contribution >= 0.6 is 0 Å². The van der Waals surface area contributed by atoms with Gasteiger partial charge in [0.1, 0.15) is 0 Å². The third-order valence-corrected chi connectivity index (χ3v) is 4.79. The fourth-order valence-corrected chi connectivity index (χ4v) is 3.53. The summed E-state index contributed by atoms with van der Waals surface area (Å²) >= 11 is 0. The Hall–Kier alpha value is -1.60. The van der Waals surface area contributed by atoms with E-state index in [1.54, 1.807) is 5.56 Å². The van der Waals surface area contributed by atoms with Gasteiger partial charge in [-0.15, -0.1) is 0 Å². The Morgan fingerprint density at radius 1 is 1.14 bits per heavy atom. The van der Waals surface area contributed by atoms with Gasteiger partial charge in [0.15, 0.2) is 0 Å². The first-order chi connectivity index (χ1) is 10.2. The molecule has 110 valence electrons. The van der Waals surface area contributed by atoms with Gasteiger partial charge >= 0.3 is 0 Å². The third kappa shape index (κ3) is 2.89. The van der Waals surface area contributed by atoms with Crippen LogP contribution < -0.4 is 5.32 Å². The minimum atomic E-state index is 0.547. The lowest BCUT2D eigenvalue weighted by atomic mass is 9.72.